The summed E-state index contributed by atoms with van der Waals surface area (Å²) in [5.41, 5.74) is 2.34. The number of sulfonamides is 2. The molecule has 0 saturated heterocycles. The fourth-order valence-corrected chi connectivity index (χ4v) is 4.10. The molecule has 0 aliphatic heterocycles. The van der Waals surface area contributed by atoms with Gasteiger partial charge in [-0.05, 0) is 29.7 Å². The Morgan fingerprint density at radius 3 is 2.46 bits per heavy atom. The van der Waals surface area contributed by atoms with Gasteiger partial charge in [0.1, 0.15) is 6.26 Å². The summed E-state index contributed by atoms with van der Waals surface area (Å²) in [6, 6.07) is 11.9. The van der Waals surface area contributed by atoms with Crippen LogP contribution in [0.2, 0.25) is 0 Å². The van der Waals surface area contributed by atoms with Crippen LogP contribution in [0.25, 0.3) is 22.6 Å². The van der Waals surface area contributed by atoms with E-state index in [0.29, 0.717) is 23.1 Å². The van der Waals surface area contributed by atoms with Crippen LogP contribution in [0.4, 0.5) is 0 Å². The Balaban J connectivity index is 2.06. The monoisotopic (exact) mass is 421 g/mol. The summed E-state index contributed by atoms with van der Waals surface area (Å²) in [5.74, 6) is 0.280. The number of nitrogens with two attached hydrogens (primary N) is 1. The third-order valence-corrected chi connectivity index (χ3v) is 5.71. The second-order valence-electron chi connectivity index (χ2n) is 6.17. The van der Waals surface area contributed by atoms with Gasteiger partial charge in [0.15, 0.2) is 0 Å². The third-order valence-electron chi connectivity index (χ3n) is 4.03. The van der Waals surface area contributed by atoms with E-state index < -0.39 is 20.0 Å². The molecule has 0 radical (unpaired) electrons. The first kappa shape index (κ1) is 20.2. The summed E-state index contributed by atoms with van der Waals surface area (Å²) in [5, 5.41) is 5.45. The van der Waals surface area contributed by atoms with Crippen LogP contribution in [-0.4, -0.2) is 34.6 Å². The zero-order valence-electron chi connectivity index (χ0n) is 15.0. The maximum atomic E-state index is 12.2. The smallest absolute Gasteiger partial charge is 0.238 e. The lowest BCUT2D eigenvalue weighted by molar-refractivity contribution is 0.574. The predicted octanol–water partition coefficient (Wildman–Crippen LogP) is 1.75. The number of rotatable bonds is 7. The average Bonchev–Trinajstić information content (AvgIpc) is 3.14. The van der Waals surface area contributed by atoms with Crippen LogP contribution in [-0.2, 0) is 26.5 Å². The van der Waals surface area contributed by atoms with E-state index in [9.17, 15) is 16.8 Å². The van der Waals surface area contributed by atoms with Crippen molar-refractivity contribution in [3.8, 4) is 22.6 Å². The van der Waals surface area contributed by atoms with Gasteiger partial charge in [0.2, 0.25) is 25.9 Å². The first-order valence-corrected chi connectivity index (χ1v) is 11.7. The molecular formula is C18H19N3O5S2. The molecule has 3 rings (SSSR count). The second kappa shape index (κ2) is 7.84. The van der Waals surface area contributed by atoms with Crippen molar-refractivity contribution < 1.29 is 21.3 Å². The van der Waals surface area contributed by atoms with Crippen molar-refractivity contribution in [2.75, 3.05) is 12.8 Å². The van der Waals surface area contributed by atoms with E-state index in [-0.39, 0.29) is 17.3 Å². The summed E-state index contributed by atoms with van der Waals surface area (Å²) in [7, 11) is -7.35. The van der Waals surface area contributed by atoms with Crippen LogP contribution < -0.4 is 9.86 Å². The molecule has 3 aromatic rings. The summed E-state index contributed by atoms with van der Waals surface area (Å²) in [4.78, 5) is 3.96. The SMILES string of the molecule is CS(=O)(=O)NCCc1ccccc1-c1ccc(-c2ncco2)cc1S(N)(=O)=O. The van der Waals surface area contributed by atoms with E-state index in [1.807, 2.05) is 6.07 Å². The van der Waals surface area contributed by atoms with Crippen molar-refractivity contribution in [3.63, 3.8) is 0 Å². The van der Waals surface area contributed by atoms with E-state index >= 15 is 0 Å². The molecule has 8 nitrogen and oxygen atoms in total. The highest BCUT2D eigenvalue weighted by atomic mass is 32.2. The quantitative estimate of drug-likeness (QED) is 0.597. The van der Waals surface area contributed by atoms with E-state index in [2.05, 4.69) is 9.71 Å². The Kier molecular flexibility index (Phi) is 5.66. The fraction of sp³-hybridized carbons (Fsp3) is 0.167. The van der Waals surface area contributed by atoms with Gasteiger partial charge in [0.05, 0.1) is 17.3 Å². The molecule has 10 heteroatoms. The standard InChI is InChI=1S/C18H19N3O5S2/c1-27(22,23)21-9-8-13-4-2-3-5-15(13)16-7-6-14(18-20-10-11-26-18)12-17(16)28(19,24)25/h2-7,10-12,21H,8-9H2,1H3,(H2,19,24,25). The van der Waals surface area contributed by atoms with Crippen molar-refractivity contribution in [1.29, 1.82) is 0 Å². The minimum absolute atomic E-state index is 0.0632. The van der Waals surface area contributed by atoms with Crippen LogP contribution in [0, 0.1) is 0 Å². The molecular weight excluding hydrogens is 402 g/mol. The van der Waals surface area contributed by atoms with E-state index in [1.165, 1.54) is 18.5 Å². The lowest BCUT2D eigenvalue weighted by Gasteiger charge is -2.14. The molecule has 0 aliphatic rings. The zero-order chi connectivity index (χ0) is 20.4. The number of hydrogen-bond acceptors (Lipinski definition) is 6. The Morgan fingerprint density at radius 1 is 1.07 bits per heavy atom. The Labute approximate surface area is 163 Å². The predicted molar refractivity (Wildman–Crippen MR) is 105 cm³/mol. The molecule has 28 heavy (non-hydrogen) atoms. The number of nitrogens with zero attached hydrogens (tertiary/aromatic N) is 1. The van der Waals surface area contributed by atoms with Gasteiger partial charge in [-0.2, -0.15) is 0 Å². The maximum Gasteiger partial charge on any atom is 0.238 e. The fourth-order valence-electron chi connectivity index (χ4n) is 2.85. The van der Waals surface area contributed by atoms with Crippen LogP contribution in [0.15, 0.2) is 64.2 Å². The lowest BCUT2D eigenvalue weighted by Crippen LogP contribution is -2.24. The van der Waals surface area contributed by atoms with E-state index in [1.54, 1.807) is 30.3 Å². The Hall–Kier alpha value is -2.53. The molecule has 1 heterocycles. The summed E-state index contributed by atoms with van der Waals surface area (Å²) >= 11 is 0. The minimum atomic E-state index is -4.04. The first-order chi connectivity index (χ1) is 13.1. The van der Waals surface area contributed by atoms with Gasteiger partial charge in [0.25, 0.3) is 0 Å². The molecule has 1 aromatic heterocycles. The number of benzene rings is 2. The van der Waals surface area contributed by atoms with Crippen LogP contribution in [0.5, 0.6) is 0 Å². The number of oxazole rings is 1. The van der Waals surface area contributed by atoms with Gasteiger partial charge in [-0.15, -0.1) is 0 Å². The molecule has 0 amide bonds. The number of nitrogens with one attached hydrogen (secondary N) is 1. The van der Waals surface area contributed by atoms with Crippen LogP contribution >= 0.6 is 0 Å². The summed E-state index contributed by atoms with van der Waals surface area (Å²) in [6.45, 7) is 0.189. The van der Waals surface area contributed by atoms with Gasteiger partial charge in [-0.1, -0.05) is 30.3 Å². The van der Waals surface area contributed by atoms with Crippen LogP contribution in [0.1, 0.15) is 5.56 Å². The molecule has 0 fully saturated rings. The largest absolute Gasteiger partial charge is 0.445 e. The second-order valence-corrected chi connectivity index (χ2v) is 9.53. The third kappa shape index (κ3) is 4.84. The van der Waals surface area contributed by atoms with Gasteiger partial charge in [-0.3, -0.25) is 0 Å². The zero-order valence-corrected chi connectivity index (χ0v) is 16.6. The molecule has 0 unspecified atom stereocenters. The average molecular weight is 422 g/mol. The van der Waals surface area contributed by atoms with E-state index in [4.69, 9.17) is 9.56 Å². The van der Waals surface area contributed by atoms with Crippen molar-refractivity contribution in [1.82, 2.24) is 9.71 Å². The Bertz CT molecular complexity index is 1190. The maximum absolute atomic E-state index is 12.2. The van der Waals surface area contributed by atoms with Crippen molar-refractivity contribution in [2.45, 2.75) is 11.3 Å². The van der Waals surface area contributed by atoms with Crippen molar-refractivity contribution in [2.24, 2.45) is 5.14 Å². The highest BCUT2D eigenvalue weighted by Crippen LogP contribution is 2.33. The number of hydrogen-bond donors (Lipinski definition) is 2. The summed E-state index contributed by atoms with van der Waals surface area (Å²) in [6.07, 6.45) is 4.32. The van der Waals surface area contributed by atoms with Gasteiger partial charge >= 0.3 is 0 Å². The molecule has 0 spiro atoms. The lowest BCUT2D eigenvalue weighted by atomic mass is 9.97. The van der Waals surface area contributed by atoms with Crippen molar-refractivity contribution >= 4 is 20.0 Å². The molecule has 0 atom stereocenters. The van der Waals surface area contributed by atoms with Crippen LogP contribution in [0.3, 0.4) is 0 Å². The topological polar surface area (TPSA) is 132 Å². The highest BCUT2D eigenvalue weighted by Gasteiger charge is 2.19. The molecule has 0 aliphatic carbocycles. The van der Waals surface area contributed by atoms with E-state index in [0.717, 1.165) is 11.8 Å². The van der Waals surface area contributed by atoms with Gasteiger partial charge in [-0.25, -0.2) is 31.7 Å². The van der Waals surface area contributed by atoms with Gasteiger partial charge < -0.3 is 4.42 Å². The normalized spacial score (nSPS) is 12.2. The molecule has 0 bridgehead atoms. The Morgan fingerprint density at radius 2 is 1.82 bits per heavy atom. The van der Waals surface area contributed by atoms with Gasteiger partial charge in [0, 0.05) is 17.7 Å². The number of primary sulfonamides is 1. The summed E-state index contributed by atoms with van der Waals surface area (Å²) < 4.78 is 54.7. The molecule has 2 aromatic carbocycles. The number of aromatic nitrogens is 1. The highest BCUT2D eigenvalue weighted by molar-refractivity contribution is 7.89. The molecule has 3 N–H and O–H groups in total. The molecule has 148 valence electrons. The first-order valence-electron chi connectivity index (χ1n) is 8.25. The molecule has 0 saturated carbocycles. The minimum Gasteiger partial charge on any atom is -0.445 e. The van der Waals surface area contributed by atoms with Crippen molar-refractivity contribution in [3.05, 3.63) is 60.5 Å².